The smallest absolute Gasteiger partial charge is 0.303 e. The highest BCUT2D eigenvalue weighted by molar-refractivity contribution is 5.95. The maximum Gasteiger partial charge on any atom is 0.303 e. The van der Waals surface area contributed by atoms with E-state index in [1.165, 1.54) is 0 Å². The maximum absolute atomic E-state index is 13.8. The predicted octanol–water partition coefficient (Wildman–Crippen LogP) is 4.61. The van der Waals surface area contributed by atoms with Crippen LogP contribution >= 0.6 is 0 Å². The number of benzene rings is 2. The largest absolute Gasteiger partial charge is 0.481 e. The van der Waals surface area contributed by atoms with Gasteiger partial charge >= 0.3 is 5.97 Å². The zero-order valence-corrected chi connectivity index (χ0v) is 20.1. The lowest BCUT2D eigenvalue weighted by molar-refractivity contribution is -0.164. The molecule has 1 fully saturated rings. The van der Waals surface area contributed by atoms with Gasteiger partial charge in [0.1, 0.15) is 16.9 Å². The number of aliphatic carboxylic acids is 1. The van der Waals surface area contributed by atoms with Crippen LogP contribution in [-0.2, 0) is 27.3 Å². The highest BCUT2D eigenvalue weighted by Crippen LogP contribution is 2.34. The number of fused-ring (bicyclic) bond motifs is 2. The molecule has 1 atom stereocenters. The van der Waals surface area contributed by atoms with Gasteiger partial charge in [-0.05, 0) is 37.5 Å². The molecule has 1 unspecified atom stereocenters. The Morgan fingerprint density at radius 3 is 2.69 bits per heavy atom. The number of nitrogens with zero attached hydrogens (tertiary/aromatic N) is 2. The Labute approximate surface area is 208 Å². The van der Waals surface area contributed by atoms with Crippen molar-refractivity contribution in [2.24, 2.45) is 0 Å². The summed E-state index contributed by atoms with van der Waals surface area (Å²) in [6.07, 6.45) is 4.16. The Morgan fingerprint density at radius 1 is 1.08 bits per heavy atom. The van der Waals surface area contributed by atoms with E-state index >= 15 is 0 Å². The lowest BCUT2D eigenvalue weighted by Crippen LogP contribution is -2.68. The fourth-order valence-corrected chi connectivity index (χ4v) is 4.93. The zero-order chi connectivity index (χ0) is 25.3. The van der Waals surface area contributed by atoms with Gasteiger partial charge in [-0.25, -0.2) is 0 Å². The number of carboxylic acid groups (broad SMARTS) is 1. The molecular formula is C28H28N2O6. The van der Waals surface area contributed by atoms with Crippen molar-refractivity contribution >= 4 is 39.5 Å². The minimum absolute atomic E-state index is 0.0358. The summed E-state index contributed by atoms with van der Waals surface area (Å²) in [6, 6.07) is 15.3. The van der Waals surface area contributed by atoms with Crippen LogP contribution in [0.5, 0.6) is 0 Å². The van der Waals surface area contributed by atoms with Crippen molar-refractivity contribution in [3.05, 3.63) is 72.4 Å². The number of hydrogen-bond acceptors (Lipinski definition) is 5. The molecule has 2 amide bonds. The SMILES string of the molecule is CC1(C(=O)N(CCCC(=O)O)Cc2ccc3ccoc3c2)CCN1C(=O)Cc1occ2ccccc12. The van der Waals surface area contributed by atoms with E-state index in [0.29, 0.717) is 31.7 Å². The third-order valence-electron chi connectivity index (χ3n) is 7.08. The number of rotatable bonds is 9. The normalized spacial score (nSPS) is 17.3. The summed E-state index contributed by atoms with van der Waals surface area (Å²) in [5, 5.41) is 11.9. The molecule has 3 heterocycles. The van der Waals surface area contributed by atoms with Gasteiger partial charge in [-0.3, -0.25) is 14.4 Å². The van der Waals surface area contributed by atoms with Crippen molar-refractivity contribution in [1.82, 2.24) is 9.80 Å². The maximum atomic E-state index is 13.8. The molecular weight excluding hydrogens is 460 g/mol. The van der Waals surface area contributed by atoms with Crippen LogP contribution in [0, 0.1) is 0 Å². The van der Waals surface area contributed by atoms with Crippen LogP contribution in [0.2, 0.25) is 0 Å². The number of likely N-dealkylation sites (tertiary alicyclic amines) is 1. The first-order valence-corrected chi connectivity index (χ1v) is 12.1. The third kappa shape index (κ3) is 4.46. The van der Waals surface area contributed by atoms with Crippen molar-refractivity contribution in [1.29, 1.82) is 0 Å². The fraction of sp³-hybridized carbons (Fsp3) is 0.321. The van der Waals surface area contributed by atoms with Crippen LogP contribution < -0.4 is 0 Å². The molecule has 8 nitrogen and oxygen atoms in total. The van der Waals surface area contributed by atoms with Gasteiger partial charge in [0, 0.05) is 42.2 Å². The van der Waals surface area contributed by atoms with Crippen LogP contribution in [0.15, 0.2) is 69.9 Å². The number of carboxylic acids is 1. The van der Waals surface area contributed by atoms with Crippen molar-refractivity contribution in [3.63, 3.8) is 0 Å². The number of amides is 2. The van der Waals surface area contributed by atoms with Gasteiger partial charge in [-0.15, -0.1) is 0 Å². The van der Waals surface area contributed by atoms with Gasteiger partial charge < -0.3 is 23.7 Å². The topological polar surface area (TPSA) is 104 Å². The van der Waals surface area contributed by atoms with E-state index in [0.717, 1.165) is 27.3 Å². The van der Waals surface area contributed by atoms with Crippen molar-refractivity contribution in [3.8, 4) is 0 Å². The lowest BCUT2D eigenvalue weighted by Gasteiger charge is -2.51. The Morgan fingerprint density at radius 2 is 1.92 bits per heavy atom. The fourth-order valence-electron chi connectivity index (χ4n) is 4.93. The number of furan rings is 2. The monoisotopic (exact) mass is 488 g/mol. The first-order valence-electron chi connectivity index (χ1n) is 12.1. The van der Waals surface area contributed by atoms with E-state index in [9.17, 15) is 14.4 Å². The average Bonchev–Trinajstić information content (AvgIpc) is 3.48. The van der Waals surface area contributed by atoms with E-state index in [1.807, 2.05) is 48.5 Å². The summed E-state index contributed by atoms with van der Waals surface area (Å²) in [7, 11) is 0. The number of carbonyl (C=O) groups excluding carboxylic acids is 2. The lowest BCUT2D eigenvalue weighted by atomic mass is 9.84. The van der Waals surface area contributed by atoms with Crippen LogP contribution in [-0.4, -0.2) is 51.3 Å². The average molecular weight is 489 g/mol. The van der Waals surface area contributed by atoms with Crippen molar-refractivity contribution in [2.75, 3.05) is 13.1 Å². The summed E-state index contributed by atoms with van der Waals surface area (Å²) in [6.45, 7) is 2.86. The van der Waals surface area contributed by atoms with Gasteiger partial charge in [0.2, 0.25) is 11.8 Å². The van der Waals surface area contributed by atoms with Crippen LogP contribution in [0.1, 0.15) is 37.5 Å². The van der Waals surface area contributed by atoms with Crippen molar-refractivity contribution < 1.29 is 28.3 Å². The molecule has 0 aliphatic carbocycles. The Kier molecular flexibility index (Phi) is 6.26. The van der Waals surface area contributed by atoms with E-state index in [2.05, 4.69) is 0 Å². The highest BCUT2D eigenvalue weighted by Gasteiger charge is 2.51. The summed E-state index contributed by atoms with van der Waals surface area (Å²) < 4.78 is 11.2. The number of carbonyl (C=O) groups is 3. The highest BCUT2D eigenvalue weighted by atomic mass is 16.4. The molecule has 0 bridgehead atoms. The molecule has 4 aromatic rings. The molecule has 1 saturated heterocycles. The second-order valence-corrected chi connectivity index (χ2v) is 9.51. The van der Waals surface area contributed by atoms with Crippen molar-refractivity contribution in [2.45, 2.75) is 44.7 Å². The Hall–Kier alpha value is -4.07. The molecule has 0 radical (unpaired) electrons. The summed E-state index contributed by atoms with van der Waals surface area (Å²) in [4.78, 5) is 41.4. The predicted molar refractivity (Wildman–Crippen MR) is 133 cm³/mol. The van der Waals surface area contributed by atoms with E-state index in [-0.39, 0.29) is 31.2 Å². The summed E-state index contributed by atoms with van der Waals surface area (Å²) in [5.74, 6) is -0.671. The molecule has 8 heteroatoms. The Bertz CT molecular complexity index is 1440. The van der Waals surface area contributed by atoms with E-state index in [1.54, 1.807) is 29.2 Å². The molecule has 36 heavy (non-hydrogen) atoms. The van der Waals surface area contributed by atoms with Gasteiger partial charge in [-0.2, -0.15) is 0 Å². The van der Waals surface area contributed by atoms with Gasteiger partial charge in [0.25, 0.3) is 0 Å². The van der Waals surface area contributed by atoms with Gasteiger partial charge in [-0.1, -0.05) is 36.4 Å². The second kappa shape index (κ2) is 9.53. The molecule has 1 aliphatic rings. The van der Waals surface area contributed by atoms with Gasteiger partial charge in [0.05, 0.1) is 18.9 Å². The summed E-state index contributed by atoms with van der Waals surface area (Å²) in [5.41, 5.74) is 0.615. The van der Waals surface area contributed by atoms with Gasteiger partial charge in [0.15, 0.2) is 0 Å². The molecule has 5 rings (SSSR count). The molecule has 2 aromatic carbocycles. The van der Waals surface area contributed by atoms with E-state index < -0.39 is 11.5 Å². The van der Waals surface area contributed by atoms with E-state index in [4.69, 9.17) is 13.9 Å². The zero-order valence-electron chi connectivity index (χ0n) is 20.1. The first-order chi connectivity index (χ1) is 17.3. The molecule has 186 valence electrons. The van der Waals surface area contributed by atoms with Crippen LogP contribution in [0.25, 0.3) is 21.7 Å². The molecule has 1 aliphatic heterocycles. The minimum Gasteiger partial charge on any atom is -0.481 e. The molecule has 2 aromatic heterocycles. The summed E-state index contributed by atoms with van der Waals surface area (Å²) >= 11 is 0. The standard InChI is InChI=1S/C28H28N2O6/c1-28(11-13-30(28)25(31)16-24-22-6-3-2-5-21(22)18-36-24)27(34)29(12-4-7-26(32)33)17-19-8-9-20-10-14-35-23(20)15-19/h2-3,5-6,8-10,14-15,18H,4,7,11-13,16-17H2,1H3,(H,32,33). The number of hydrogen-bond donors (Lipinski definition) is 1. The molecule has 1 N–H and O–H groups in total. The second-order valence-electron chi connectivity index (χ2n) is 9.51. The minimum atomic E-state index is -0.989. The quantitative estimate of drug-likeness (QED) is 0.369. The Balaban J connectivity index is 1.34. The molecule has 0 spiro atoms. The van der Waals surface area contributed by atoms with Crippen LogP contribution in [0.3, 0.4) is 0 Å². The first kappa shape index (κ1) is 23.7. The van der Waals surface area contributed by atoms with Crippen LogP contribution in [0.4, 0.5) is 0 Å². The molecule has 0 saturated carbocycles. The third-order valence-corrected chi connectivity index (χ3v) is 7.08.